The van der Waals surface area contributed by atoms with Crippen molar-refractivity contribution in [1.29, 1.82) is 0 Å². The third-order valence-corrected chi connectivity index (χ3v) is 3.02. The van der Waals surface area contributed by atoms with Gasteiger partial charge in [0.2, 0.25) is 0 Å². The highest BCUT2D eigenvalue weighted by molar-refractivity contribution is 5.85. The number of hydrogen-bond donors (Lipinski definition) is 1. The topological polar surface area (TPSA) is 55.4 Å². The summed E-state index contributed by atoms with van der Waals surface area (Å²) < 4.78 is 4.52. The maximum absolute atomic E-state index is 11.4. The SMILES string of the molecule is CC.COC(=O)NC(C(C)=O)C1CCCCC1.[HH]. The third-order valence-electron chi connectivity index (χ3n) is 3.02. The summed E-state index contributed by atoms with van der Waals surface area (Å²) in [4.78, 5) is 22.5. The van der Waals surface area contributed by atoms with Gasteiger partial charge in [-0.1, -0.05) is 33.1 Å². The van der Waals surface area contributed by atoms with E-state index in [-0.39, 0.29) is 19.2 Å². The normalized spacial score (nSPS) is 17.4. The number of hydrogen-bond acceptors (Lipinski definition) is 3. The van der Waals surface area contributed by atoms with Gasteiger partial charge in [0.05, 0.1) is 13.2 Å². The average Bonchev–Trinajstić information content (AvgIpc) is 2.38. The molecule has 0 radical (unpaired) electrons. The van der Waals surface area contributed by atoms with Crippen LogP contribution in [0.15, 0.2) is 0 Å². The number of amides is 1. The summed E-state index contributed by atoms with van der Waals surface area (Å²) in [6.07, 6.45) is 5.07. The fourth-order valence-electron chi connectivity index (χ4n) is 2.20. The molecule has 0 spiro atoms. The van der Waals surface area contributed by atoms with Gasteiger partial charge in [-0.25, -0.2) is 4.79 Å². The number of carbonyl (C=O) groups excluding carboxylic acids is 2. The Hall–Kier alpha value is -1.06. The van der Waals surface area contributed by atoms with Crippen molar-refractivity contribution >= 4 is 11.9 Å². The molecule has 4 nitrogen and oxygen atoms in total. The predicted octanol–water partition coefficient (Wildman–Crippen LogP) is 3.15. The van der Waals surface area contributed by atoms with Crippen LogP contribution < -0.4 is 5.32 Å². The fraction of sp³-hybridized carbons (Fsp3) is 0.846. The first-order valence-electron chi connectivity index (χ1n) is 6.50. The van der Waals surface area contributed by atoms with Crippen molar-refractivity contribution in [1.82, 2.24) is 5.32 Å². The van der Waals surface area contributed by atoms with E-state index in [0.29, 0.717) is 0 Å². The van der Waals surface area contributed by atoms with Gasteiger partial charge in [-0.05, 0) is 25.7 Å². The number of Topliss-reactive ketones (excluding diaryl/α,β-unsaturated/α-hetero) is 1. The van der Waals surface area contributed by atoms with Crippen molar-refractivity contribution in [3.63, 3.8) is 0 Å². The maximum Gasteiger partial charge on any atom is 0.407 e. The van der Waals surface area contributed by atoms with Gasteiger partial charge in [0.25, 0.3) is 0 Å². The number of carbonyl (C=O) groups is 2. The molecule has 4 heteroatoms. The number of rotatable bonds is 3. The van der Waals surface area contributed by atoms with Gasteiger partial charge in [-0.3, -0.25) is 4.79 Å². The van der Waals surface area contributed by atoms with Crippen LogP contribution in [-0.2, 0) is 9.53 Å². The minimum Gasteiger partial charge on any atom is -0.453 e. The summed E-state index contributed by atoms with van der Waals surface area (Å²) in [5.41, 5.74) is 0. The molecule has 0 aromatic carbocycles. The smallest absolute Gasteiger partial charge is 0.407 e. The lowest BCUT2D eigenvalue weighted by Gasteiger charge is -2.28. The van der Waals surface area contributed by atoms with Crippen LogP contribution in [-0.4, -0.2) is 25.0 Å². The van der Waals surface area contributed by atoms with Crippen LogP contribution in [0.25, 0.3) is 0 Å². The summed E-state index contributed by atoms with van der Waals surface area (Å²) >= 11 is 0. The van der Waals surface area contributed by atoms with Crippen molar-refractivity contribution < 1.29 is 15.8 Å². The second kappa shape index (κ2) is 9.02. The zero-order valence-corrected chi connectivity index (χ0v) is 11.4. The Morgan fingerprint density at radius 3 is 2.18 bits per heavy atom. The maximum atomic E-state index is 11.4. The van der Waals surface area contributed by atoms with Crippen LogP contribution in [0, 0.1) is 5.92 Å². The molecule has 0 heterocycles. The molecule has 1 rings (SSSR count). The van der Waals surface area contributed by atoms with E-state index in [2.05, 4.69) is 10.1 Å². The van der Waals surface area contributed by atoms with Crippen molar-refractivity contribution in [3.8, 4) is 0 Å². The lowest BCUT2D eigenvalue weighted by molar-refractivity contribution is -0.120. The highest BCUT2D eigenvalue weighted by Crippen LogP contribution is 2.26. The molecule has 1 unspecified atom stereocenters. The van der Waals surface area contributed by atoms with Crippen LogP contribution in [0.4, 0.5) is 4.79 Å². The highest BCUT2D eigenvalue weighted by Gasteiger charge is 2.28. The van der Waals surface area contributed by atoms with E-state index in [1.54, 1.807) is 0 Å². The van der Waals surface area contributed by atoms with Gasteiger partial charge in [-0.15, -0.1) is 0 Å². The fourth-order valence-corrected chi connectivity index (χ4v) is 2.20. The molecule has 17 heavy (non-hydrogen) atoms. The average molecular weight is 245 g/mol. The van der Waals surface area contributed by atoms with Crippen molar-refractivity contribution in [3.05, 3.63) is 0 Å². The van der Waals surface area contributed by atoms with Gasteiger partial charge in [-0.2, -0.15) is 0 Å². The van der Waals surface area contributed by atoms with Crippen LogP contribution in [0.2, 0.25) is 0 Å². The van der Waals surface area contributed by atoms with E-state index in [0.717, 1.165) is 25.7 Å². The Balaban J connectivity index is 0. The molecule has 1 aliphatic carbocycles. The zero-order valence-electron chi connectivity index (χ0n) is 11.4. The number of ketones is 1. The molecule has 1 amide bonds. The number of methoxy groups -OCH3 is 1. The summed E-state index contributed by atoms with van der Waals surface area (Å²) in [7, 11) is 1.31. The summed E-state index contributed by atoms with van der Waals surface area (Å²) in [5.74, 6) is 0.308. The molecule has 1 aliphatic rings. The van der Waals surface area contributed by atoms with Gasteiger partial charge < -0.3 is 10.1 Å². The molecule has 0 aliphatic heterocycles. The largest absolute Gasteiger partial charge is 0.453 e. The zero-order chi connectivity index (χ0) is 13.3. The van der Waals surface area contributed by atoms with E-state index in [4.69, 9.17) is 0 Å². The molecule has 1 fully saturated rings. The molecule has 0 saturated heterocycles. The van der Waals surface area contributed by atoms with Crippen molar-refractivity contribution in [2.75, 3.05) is 7.11 Å². The number of alkyl carbamates (subject to hydrolysis) is 1. The lowest BCUT2D eigenvalue weighted by atomic mass is 9.82. The predicted molar refractivity (Wildman–Crippen MR) is 70.0 cm³/mol. The van der Waals surface area contributed by atoms with Crippen molar-refractivity contribution in [2.24, 2.45) is 5.92 Å². The van der Waals surface area contributed by atoms with Crippen LogP contribution in [0.3, 0.4) is 0 Å². The van der Waals surface area contributed by atoms with Crippen LogP contribution in [0.5, 0.6) is 0 Å². The molecule has 1 saturated carbocycles. The Bertz CT molecular complexity index is 240. The quantitative estimate of drug-likeness (QED) is 0.831. The standard InChI is InChI=1S/C11H19NO3.C2H6.H2/c1-8(13)10(12-11(14)15-2)9-6-4-3-5-7-9;1-2;/h9-10H,3-7H2,1-2H3,(H,12,14);1-2H3;1H. The first kappa shape index (κ1) is 15.9. The third kappa shape index (κ3) is 5.71. The molecule has 1 N–H and O–H groups in total. The molecular formula is C13H27NO3. The van der Waals surface area contributed by atoms with E-state index in [1.807, 2.05) is 13.8 Å². The molecule has 0 bridgehead atoms. The second-order valence-corrected chi connectivity index (χ2v) is 4.12. The first-order valence-corrected chi connectivity index (χ1v) is 6.50. The number of ether oxygens (including phenoxy) is 1. The molecule has 102 valence electrons. The molecule has 0 aromatic rings. The Labute approximate surface area is 106 Å². The molecule has 1 atom stereocenters. The van der Waals surface area contributed by atoms with E-state index < -0.39 is 6.09 Å². The van der Waals surface area contributed by atoms with E-state index >= 15 is 0 Å². The minimum absolute atomic E-state index is 0. The summed E-state index contributed by atoms with van der Waals surface area (Å²) in [5, 5.41) is 2.63. The van der Waals surface area contributed by atoms with E-state index in [1.165, 1.54) is 20.5 Å². The van der Waals surface area contributed by atoms with Crippen LogP contribution >= 0.6 is 0 Å². The first-order chi connectivity index (χ1) is 8.15. The second-order valence-electron chi connectivity index (χ2n) is 4.12. The summed E-state index contributed by atoms with van der Waals surface area (Å²) in [6.45, 7) is 5.52. The number of nitrogens with one attached hydrogen (secondary N) is 1. The Kier molecular flexibility index (Phi) is 8.46. The lowest BCUT2D eigenvalue weighted by Crippen LogP contribution is -2.45. The molecular weight excluding hydrogens is 218 g/mol. The Morgan fingerprint density at radius 2 is 1.76 bits per heavy atom. The minimum atomic E-state index is -0.513. The monoisotopic (exact) mass is 245 g/mol. The highest BCUT2D eigenvalue weighted by atomic mass is 16.5. The van der Waals surface area contributed by atoms with Gasteiger partial charge in [0, 0.05) is 1.43 Å². The van der Waals surface area contributed by atoms with Crippen LogP contribution in [0.1, 0.15) is 54.3 Å². The Morgan fingerprint density at radius 1 is 1.24 bits per heavy atom. The van der Waals surface area contributed by atoms with Gasteiger partial charge in [0.15, 0.2) is 5.78 Å². The summed E-state index contributed by atoms with van der Waals surface area (Å²) in [6, 6.07) is -0.363. The molecule has 0 aromatic heterocycles. The van der Waals surface area contributed by atoms with Gasteiger partial charge in [0.1, 0.15) is 0 Å². The van der Waals surface area contributed by atoms with Gasteiger partial charge >= 0.3 is 6.09 Å². The van der Waals surface area contributed by atoms with E-state index in [9.17, 15) is 9.59 Å². The van der Waals surface area contributed by atoms with Crippen molar-refractivity contribution in [2.45, 2.75) is 58.9 Å².